The Kier molecular flexibility index (Phi) is 5.78. The molecule has 4 rings (SSSR count). The molecule has 3 aromatic carbocycles. The third-order valence-corrected chi connectivity index (χ3v) is 5.56. The van der Waals surface area contributed by atoms with Crippen molar-refractivity contribution < 1.29 is 14.0 Å². The van der Waals surface area contributed by atoms with Crippen LogP contribution in [0, 0.1) is 10.5 Å². The van der Waals surface area contributed by atoms with E-state index in [9.17, 15) is 9.59 Å². The summed E-state index contributed by atoms with van der Waals surface area (Å²) in [5, 5.41) is 6.94. The molecule has 0 saturated heterocycles. The highest BCUT2D eigenvalue weighted by atomic mass is 127. The van der Waals surface area contributed by atoms with Crippen molar-refractivity contribution in [1.29, 1.82) is 0 Å². The molecule has 0 aliphatic rings. The van der Waals surface area contributed by atoms with E-state index in [0.717, 1.165) is 14.5 Å². The van der Waals surface area contributed by atoms with Crippen molar-refractivity contribution in [3.05, 3.63) is 92.2 Å². The first-order chi connectivity index (χ1) is 14.4. The van der Waals surface area contributed by atoms with Gasteiger partial charge < -0.3 is 15.1 Å². The summed E-state index contributed by atoms with van der Waals surface area (Å²) < 4.78 is 6.52. The summed E-state index contributed by atoms with van der Waals surface area (Å²) in [5.41, 5.74) is 3.10. The van der Waals surface area contributed by atoms with Crippen LogP contribution in [0.3, 0.4) is 0 Å². The third kappa shape index (κ3) is 4.34. The van der Waals surface area contributed by atoms with E-state index in [1.807, 2.05) is 37.3 Å². The Morgan fingerprint density at radius 3 is 2.50 bits per heavy atom. The number of amides is 2. The molecule has 0 aliphatic carbocycles. The lowest BCUT2D eigenvalue weighted by atomic mass is 10.1. The molecule has 2 amide bonds. The van der Waals surface area contributed by atoms with Crippen LogP contribution in [0.4, 0.5) is 11.4 Å². The number of anilines is 2. The number of halogens is 2. The zero-order chi connectivity index (χ0) is 21.3. The second kappa shape index (κ2) is 8.49. The lowest BCUT2D eigenvalue weighted by Gasteiger charge is -2.11. The Morgan fingerprint density at radius 2 is 1.73 bits per heavy atom. The highest BCUT2D eigenvalue weighted by Gasteiger charge is 2.15. The topological polar surface area (TPSA) is 71.3 Å². The molecule has 0 fully saturated rings. The standard InChI is InChI=1S/C23H16ClIN2O3/c1-13-10-16(26-22(28)17-12-15(25)6-8-18(17)24)7-9-19(13)27-23(29)21-11-14-4-2-3-5-20(14)30-21/h2-12H,1H3,(H,26,28)(H,27,29). The minimum atomic E-state index is -0.336. The van der Waals surface area contributed by atoms with Gasteiger partial charge in [0.25, 0.3) is 11.8 Å². The molecule has 0 aliphatic heterocycles. The highest BCUT2D eigenvalue weighted by Crippen LogP contribution is 2.25. The normalized spacial score (nSPS) is 10.8. The average Bonchev–Trinajstić information content (AvgIpc) is 3.16. The molecule has 4 aromatic rings. The van der Waals surface area contributed by atoms with Gasteiger partial charge in [-0.05, 0) is 83.6 Å². The van der Waals surface area contributed by atoms with Crippen molar-refractivity contribution in [3.8, 4) is 0 Å². The van der Waals surface area contributed by atoms with Crippen LogP contribution in [-0.4, -0.2) is 11.8 Å². The van der Waals surface area contributed by atoms with Crippen LogP contribution >= 0.6 is 34.2 Å². The van der Waals surface area contributed by atoms with Crippen molar-refractivity contribution in [2.75, 3.05) is 10.6 Å². The first kappa shape index (κ1) is 20.4. The van der Waals surface area contributed by atoms with Crippen LogP contribution in [0.5, 0.6) is 0 Å². The highest BCUT2D eigenvalue weighted by molar-refractivity contribution is 14.1. The van der Waals surface area contributed by atoms with Crippen LogP contribution in [0.2, 0.25) is 5.02 Å². The van der Waals surface area contributed by atoms with Crippen molar-refractivity contribution in [3.63, 3.8) is 0 Å². The summed E-state index contributed by atoms with van der Waals surface area (Å²) in [7, 11) is 0. The maximum absolute atomic E-state index is 12.6. The number of furan rings is 1. The van der Waals surface area contributed by atoms with Crippen LogP contribution in [0.1, 0.15) is 26.5 Å². The van der Waals surface area contributed by atoms with Gasteiger partial charge in [0.05, 0.1) is 10.6 Å². The fourth-order valence-electron chi connectivity index (χ4n) is 3.03. The first-order valence-electron chi connectivity index (χ1n) is 9.08. The van der Waals surface area contributed by atoms with Crippen molar-refractivity contribution >= 4 is 68.4 Å². The van der Waals surface area contributed by atoms with Gasteiger partial charge in [-0.25, -0.2) is 0 Å². The number of fused-ring (bicyclic) bond motifs is 1. The van der Waals surface area contributed by atoms with Crippen molar-refractivity contribution in [1.82, 2.24) is 0 Å². The third-order valence-electron chi connectivity index (χ3n) is 4.55. The summed E-state index contributed by atoms with van der Waals surface area (Å²) in [6.07, 6.45) is 0. The molecule has 0 saturated carbocycles. The lowest BCUT2D eigenvalue weighted by molar-refractivity contribution is 0.0996. The van der Waals surface area contributed by atoms with Crippen LogP contribution < -0.4 is 10.6 Å². The van der Waals surface area contributed by atoms with E-state index in [1.165, 1.54) is 0 Å². The van der Waals surface area contributed by atoms with E-state index in [0.29, 0.717) is 27.5 Å². The van der Waals surface area contributed by atoms with E-state index in [4.69, 9.17) is 16.0 Å². The predicted molar refractivity (Wildman–Crippen MR) is 127 cm³/mol. The van der Waals surface area contributed by atoms with E-state index >= 15 is 0 Å². The molecule has 7 heteroatoms. The van der Waals surface area contributed by atoms with Gasteiger partial charge in [-0.15, -0.1) is 0 Å². The second-order valence-electron chi connectivity index (χ2n) is 6.71. The first-order valence-corrected chi connectivity index (χ1v) is 10.5. The number of benzene rings is 3. The van der Waals surface area contributed by atoms with E-state index in [2.05, 4.69) is 33.2 Å². The molecule has 2 N–H and O–H groups in total. The number of aryl methyl sites for hydroxylation is 1. The number of para-hydroxylation sites is 1. The number of nitrogens with one attached hydrogen (secondary N) is 2. The van der Waals surface area contributed by atoms with Gasteiger partial charge in [0, 0.05) is 20.3 Å². The average molecular weight is 531 g/mol. The Labute approximate surface area is 191 Å². The number of carbonyl (C=O) groups is 2. The molecule has 0 radical (unpaired) electrons. The summed E-state index contributed by atoms with van der Waals surface area (Å²) in [6.45, 7) is 1.85. The number of rotatable bonds is 4. The number of hydrogen-bond acceptors (Lipinski definition) is 3. The second-order valence-corrected chi connectivity index (χ2v) is 8.36. The van der Waals surface area contributed by atoms with Gasteiger partial charge >= 0.3 is 0 Å². The lowest BCUT2D eigenvalue weighted by Crippen LogP contribution is -2.14. The number of carbonyl (C=O) groups excluding carboxylic acids is 2. The van der Waals surface area contributed by atoms with E-state index in [-0.39, 0.29) is 17.6 Å². The monoisotopic (exact) mass is 530 g/mol. The summed E-state index contributed by atoms with van der Waals surface area (Å²) in [6, 6.07) is 19.7. The van der Waals surface area contributed by atoms with E-state index in [1.54, 1.807) is 36.4 Å². The predicted octanol–water partition coefficient (Wildman–Crippen LogP) is 6.50. The number of hydrogen-bond donors (Lipinski definition) is 2. The molecule has 150 valence electrons. The van der Waals surface area contributed by atoms with Gasteiger partial charge in [0.1, 0.15) is 5.58 Å². The van der Waals surface area contributed by atoms with Crippen LogP contribution in [0.15, 0.2) is 71.1 Å². The van der Waals surface area contributed by atoms with Crippen LogP contribution in [-0.2, 0) is 0 Å². The molecule has 30 heavy (non-hydrogen) atoms. The molecule has 1 heterocycles. The maximum atomic E-state index is 12.6. The molecular formula is C23H16ClIN2O3. The Morgan fingerprint density at radius 1 is 0.933 bits per heavy atom. The Bertz CT molecular complexity index is 1250. The minimum absolute atomic E-state index is 0.237. The molecule has 0 atom stereocenters. The van der Waals surface area contributed by atoms with Crippen molar-refractivity contribution in [2.45, 2.75) is 6.92 Å². The largest absolute Gasteiger partial charge is 0.451 e. The Hall–Kier alpha value is -2.84. The molecule has 5 nitrogen and oxygen atoms in total. The van der Waals surface area contributed by atoms with Gasteiger partial charge in [0.2, 0.25) is 0 Å². The smallest absolute Gasteiger partial charge is 0.291 e. The molecule has 0 unspecified atom stereocenters. The van der Waals surface area contributed by atoms with Gasteiger partial charge in [-0.1, -0.05) is 29.8 Å². The van der Waals surface area contributed by atoms with Crippen LogP contribution in [0.25, 0.3) is 11.0 Å². The molecule has 1 aromatic heterocycles. The summed E-state index contributed by atoms with van der Waals surface area (Å²) >= 11 is 8.27. The van der Waals surface area contributed by atoms with E-state index < -0.39 is 0 Å². The zero-order valence-corrected chi connectivity index (χ0v) is 18.7. The SMILES string of the molecule is Cc1cc(NC(=O)c2cc(I)ccc2Cl)ccc1NC(=O)c1cc2ccccc2o1. The van der Waals surface area contributed by atoms with Gasteiger partial charge in [-0.3, -0.25) is 9.59 Å². The van der Waals surface area contributed by atoms with Crippen molar-refractivity contribution in [2.24, 2.45) is 0 Å². The maximum Gasteiger partial charge on any atom is 0.291 e. The Balaban J connectivity index is 1.49. The molecule has 0 bridgehead atoms. The zero-order valence-electron chi connectivity index (χ0n) is 15.8. The fraction of sp³-hybridized carbons (Fsp3) is 0.0435. The fourth-order valence-corrected chi connectivity index (χ4v) is 3.72. The van der Waals surface area contributed by atoms with Gasteiger partial charge in [0.15, 0.2) is 5.76 Å². The minimum Gasteiger partial charge on any atom is -0.451 e. The quantitative estimate of drug-likeness (QED) is 0.296. The molecular weight excluding hydrogens is 515 g/mol. The molecule has 0 spiro atoms. The summed E-state index contributed by atoms with van der Waals surface area (Å²) in [4.78, 5) is 25.1. The van der Waals surface area contributed by atoms with Gasteiger partial charge in [-0.2, -0.15) is 0 Å². The summed E-state index contributed by atoms with van der Waals surface area (Å²) in [5.74, 6) is -0.394.